The van der Waals surface area contributed by atoms with Gasteiger partial charge in [-0.15, -0.1) is 0 Å². The van der Waals surface area contributed by atoms with Gasteiger partial charge in [-0.3, -0.25) is 4.79 Å². The van der Waals surface area contributed by atoms with Crippen LogP contribution in [0.4, 0.5) is 0 Å². The highest BCUT2D eigenvalue weighted by molar-refractivity contribution is 5.71. The highest BCUT2D eigenvalue weighted by Crippen LogP contribution is 2.14. The van der Waals surface area contributed by atoms with Gasteiger partial charge in [-0.25, -0.2) is 0 Å². The Bertz CT molecular complexity index is 124. The number of nitrogens with one attached hydrogen (secondary N) is 1. The molecule has 1 fully saturated rings. The van der Waals surface area contributed by atoms with E-state index in [-0.39, 0.29) is 5.92 Å². The molecule has 0 bridgehead atoms. The summed E-state index contributed by atoms with van der Waals surface area (Å²) in [4.78, 5) is 10.4. The Kier molecular flexibility index (Phi) is 1.71. The molecule has 3 nitrogen and oxygen atoms in total. The molecule has 0 unspecified atom stereocenters. The molecule has 1 aliphatic heterocycles. The van der Waals surface area contributed by atoms with Crippen molar-refractivity contribution in [3.8, 4) is 0 Å². The van der Waals surface area contributed by atoms with E-state index in [4.69, 9.17) is 5.11 Å². The molecule has 0 radical (unpaired) electrons. The minimum Gasteiger partial charge on any atom is -0.481 e. The van der Waals surface area contributed by atoms with Gasteiger partial charge in [0.2, 0.25) is 0 Å². The second-order valence-electron chi connectivity index (χ2n) is 2.58. The van der Waals surface area contributed by atoms with Crippen molar-refractivity contribution in [2.24, 2.45) is 11.8 Å². The number of carboxylic acids is 1. The van der Waals surface area contributed by atoms with Crippen LogP contribution in [0.25, 0.3) is 0 Å². The van der Waals surface area contributed by atoms with E-state index in [2.05, 4.69) is 5.32 Å². The van der Waals surface area contributed by atoms with E-state index in [9.17, 15) is 4.79 Å². The summed E-state index contributed by atoms with van der Waals surface area (Å²) < 4.78 is 0. The lowest BCUT2D eigenvalue weighted by molar-refractivity contribution is -0.142. The van der Waals surface area contributed by atoms with Gasteiger partial charge in [-0.2, -0.15) is 0 Å². The third-order valence-electron chi connectivity index (χ3n) is 1.83. The van der Waals surface area contributed by atoms with Crippen LogP contribution in [-0.4, -0.2) is 24.2 Å². The number of rotatable bonds is 1. The molecule has 9 heavy (non-hydrogen) atoms. The molecule has 0 aromatic heterocycles. The fourth-order valence-corrected chi connectivity index (χ4v) is 1.14. The standard InChI is InChI=1S/C6H11NO2/c1-4-2-7-3-5(4)6(8)9/h4-5,7H,2-3H2,1H3,(H,8,9)/t4-,5+/m0/s1. The van der Waals surface area contributed by atoms with Crippen molar-refractivity contribution in [2.75, 3.05) is 13.1 Å². The molecule has 2 N–H and O–H groups in total. The van der Waals surface area contributed by atoms with E-state index in [0.717, 1.165) is 6.54 Å². The lowest BCUT2D eigenvalue weighted by atomic mass is 9.99. The lowest BCUT2D eigenvalue weighted by Crippen LogP contribution is -2.20. The van der Waals surface area contributed by atoms with Gasteiger partial charge in [-0.05, 0) is 12.5 Å². The number of carboxylic acid groups (broad SMARTS) is 1. The van der Waals surface area contributed by atoms with Gasteiger partial charge in [0.25, 0.3) is 0 Å². The predicted octanol–water partition coefficient (Wildman–Crippen LogP) is -0.0735. The smallest absolute Gasteiger partial charge is 0.308 e. The molecule has 1 rings (SSSR count). The zero-order chi connectivity index (χ0) is 6.85. The summed E-state index contributed by atoms with van der Waals surface area (Å²) in [6.07, 6.45) is 0. The Hall–Kier alpha value is -0.570. The van der Waals surface area contributed by atoms with E-state index in [1.807, 2.05) is 6.92 Å². The summed E-state index contributed by atoms with van der Waals surface area (Å²) in [6.45, 7) is 3.44. The average Bonchev–Trinajstić information content (AvgIpc) is 2.13. The molecule has 1 heterocycles. The zero-order valence-corrected chi connectivity index (χ0v) is 5.42. The largest absolute Gasteiger partial charge is 0.481 e. The lowest BCUT2D eigenvalue weighted by Gasteiger charge is -2.05. The number of hydrogen-bond donors (Lipinski definition) is 2. The maximum absolute atomic E-state index is 10.4. The Balaban J connectivity index is 2.49. The summed E-state index contributed by atoms with van der Waals surface area (Å²) >= 11 is 0. The normalized spacial score (nSPS) is 34.8. The summed E-state index contributed by atoms with van der Waals surface area (Å²) in [5, 5.41) is 11.6. The van der Waals surface area contributed by atoms with Crippen LogP contribution >= 0.6 is 0 Å². The first-order chi connectivity index (χ1) is 4.22. The zero-order valence-electron chi connectivity index (χ0n) is 5.42. The van der Waals surface area contributed by atoms with Crippen LogP contribution in [0, 0.1) is 11.8 Å². The van der Waals surface area contributed by atoms with Gasteiger partial charge >= 0.3 is 5.97 Å². The first kappa shape index (κ1) is 6.55. The molecular formula is C6H11NO2. The van der Waals surface area contributed by atoms with Crippen LogP contribution in [0.2, 0.25) is 0 Å². The van der Waals surface area contributed by atoms with Gasteiger partial charge in [0.05, 0.1) is 5.92 Å². The van der Waals surface area contributed by atoms with Crippen LogP contribution in [0.1, 0.15) is 6.92 Å². The topological polar surface area (TPSA) is 49.3 Å². The molecule has 0 aromatic rings. The Morgan fingerprint density at radius 1 is 1.67 bits per heavy atom. The van der Waals surface area contributed by atoms with Crippen LogP contribution < -0.4 is 5.32 Å². The fraction of sp³-hybridized carbons (Fsp3) is 0.833. The summed E-state index contributed by atoms with van der Waals surface area (Å²) in [7, 11) is 0. The molecular weight excluding hydrogens is 118 g/mol. The predicted molar refractivity (Wildman–Crippen MR) is 33.2 cm³/mol. The molecule has 52 valence electrons. The molecule has 0 aromatic carbocycles. The summed E-state index contributed by atoms with van der Waals surface area (Å²) in [5.41, 5.74) is 0. The molecule has 0 saturated carbocycles. The second-order valence-corrected chi connectivity index (χ2v) is 2.58. The van der Waals surface area contributed by atoms with E-state index in [0.29, 0.717) is 12.5 Å². The van der Waals surface area contributed by atoms with E-state index < -0.39 is 5.97 Å². The summed E-state index contributed by atoms with van der Waals surface area (Å²) in [5.74, 6) is -0.542. The van der Waals surface area contributed by atoms with Gasteiger partial charge in [0.1, 0.15) is 0 Å². The number of aliphatic carboxylic acids is 1. The molecule has 1 aliphatic rings. The molecule has 1 saturated heterocycles. The van der Waals surface area contributed by atoms with Gasteiger partial charge < -0.3 is 10.4 Å². The molecule has 0 amide bonds. The second kappa shape index (κ2) is 2.35. The van der Waals surface area contributed by atoms with Crippen molar-refractivity contribution in [1.82, 2.24) is 5.32 Å². The fourth-order valence-electron chi connectivity index (χ4n) is 1.14. The van der Waals surface area contributed by atoms with Crippen molar-refractivity contribution in [2.45, 2.75) is 6.92 Å². The number of hydrogen-bond acceptors (Lipinski definition) is 2. The minimum absolute atomic E-state index is 0.162. The van der Waals surface area contributed by atoms with Crippen molar-refractivity contribution >= 4 is 5.97 Å². The van der Waals surface area contributed by atoms with Crippen LogP contribution in [-0.2, 0) is 4.79 Å². The Morgan fingerprint density at radius 2 is 2.33 bits per heavy atom. The highest BCUT2D eigenvalue weighted by Gasteiger charge is 2.28. The first-order valence-electron chi connectivity index (χ1n) is 3.15. The molecule has 3 heteroatoms. The SMILES string of the molecule is C[C@H]1CNC[C@H]1C(=O)O. The number of carbonyl (C=O) groups is 1. The van der Waals surface area contributed by atoms with E-state index in [1.165, 1.54) is 0 Å². The highest BCUT2D eigenvalue weighted by atomic mass is 16.4. The first-order valence-corrected chi connectivity index (χ1v) is 3.15. The quantitative estimate of drug-likeness (QED) is 0.521. The minimum atomic E-state index is -0.674. The average molecular weight is 129 g/mol. The van der Waals surface area contributed by atoms with Crippen LogP contribution in [0.3, 0.4) is 0 Å². The van der Waals surface area contributed by atoms with Crippen LogP contribution in [0.5, 0.6) is 0 Å². The third kappa shape index (κ3) is 1.21. The summed E-state index contributed by atoms with van der Waals surface area (Å²) in [6, 6.07) is 0. The van der Waals surface area contributed by atoms with Crippen LogP contribution in [0.15, 0.2) is 0 Å². The van der Waals surface area contributed by atoms with Crippen molar-refractivity contribution in [3.63, 3.8) is 0 Å². The maximum atomic E-state index is 10.4. The third-order valence-corrected chi connectivity index (χ3v) is 1.83. The van der Waals surface area contributed by atoms with E-state index >= 15 is 0 Å². The molecule has 0 spiro atoms. The van der Waals surface area contributed by atoms with E-state index in [1.54, 1.807) is 0 Å². The van der Waals surface area contributed by atoms with Crippen molar-refractivity contribution in [1.29, 1.82) is 0 Å². The van der Waals surface area contributed by atoms with Gasteiger partial charge in [0, 0.05) is 6.54 Å². The monoisotopic (exact) mass is 129 g/mol. The van der Waals surface area contributed by atoms with Crippen molar-refractivity contribution < 1.29 is 9.90 Å². The van der Waals surface area contributed by atoms with Gasteiger partial charge in [-0.1, -0.05) is 6.92 Å². The Labute approximate surface area is 54.1 Å². The van der Waals surface area contributed by atoms with Gasteiger partial charge in [0.15, 0.2) is 0 Å². The molecule has 0 aliphatic carbocycles. The van der Waals surface area contributed by atoms with Crippen molar-refractivity contribution in [3.05, 3.63) is 0 Å². The Morgan fingerprint density at radius 3 is 2.56 bits per heavy atom. The molecule has 2 atom stereocenters. The maximum Gasteiger partial charge on any atom is 0.308 e.